The molecular formula is C22H20FN3O3. The minimum Gasteiger partial charge on any atom is -0.496 e. The van der Waals surface area contributed by atoms with Crippen molar-refractivity contribution in [1.82, 2.24) is 14.9 Å². The van der Waals surface area contributed by atoms with Crippen LogP contribution < -0.4 is 9.47 Å². The van der Waals surface area contributed by atoms with E-state index in [2.05, 4.69) is 9.97 Å². The van der Waals surface area contributed by atoms with Crippen LogP contribution in [0.1, 0.15) is 21.7 Å². The van der Waals surface area contributed by atoms with Crippen molar-refractivity contribution in [2.24, 2.45) is 0 Å². The number of benzene rings is 2. The Kier molecular flexibility index (Phi) is 3.97. The second kappa shape index (κ2) is 6.55. The molecule has 3 heterocycles. The fourth-order valence-electron chi connectivity index (χ4n) is 4.16. The van der Waals surface area contributed by atoms with Crippen molar-refractivity contribution >= 4 is 27.7 Å². The maximum atomic E-state index is 13.7. The molecule has 2 N–H and O–H groups in total. The standard InChI is InChI=1S/C22H20FN3O3/c1-28-19-5-6-20(29-2)21-14(19)10-18(25-21)22(27)26-8-7-17-15(11-26)13-9-12(23)3-4-16(13)24-17/h3-6,9-10,24-25H,7-8,11H2,1-2H3. The predicted octanol–water partition coefficient (Wildman–Crippen LogP) is 4.00. The summed E-state index contributed by atoms with van der Waals surface area (Å²) in [5.41, 5.74) is 4.13. The van der Waals surface area contributed by atoms with Gasteiger partial charge in [-0.3, -0.25) is 4.79 Å². The van der Waals surface area contributed by atoms with Gasteiger partial charge in [0.1, 0.15) is 23.0 Å². The van der Waals surface area contributed by atoms with Crippen LogP contribution in [0, 0.1) is 5.82 Å². The van der Waals surface area contributed by atoms with E-state index in [1.165, 1.54) is 12.1 Å². The third-order valence-electron chi connectivity index (χ3n) is 5.61. The van der Waals surface area contributed by atoms with E-state index >= 15 is 0 Å². The molecule has 29 heavy (non-hydrogen) atoms. The van der Waals surface area contributed by atoms with Crippen LogP contribution in [0.2, 0.25) is 0 Å². The minimum atomic E-state index is -0.280. The van der Waals surface area contributed by atoms with Gasteiger partial charge in [-0.05, 0) is 36.4 Å². The molecule has 1 aliphatic heterocycles. The number of methoxy groups -OCH3 is 2. The van der Waals surface area contributed by atoms with E-state index in [4.69, 9.17) is 9.47 Å². The number of rotatable bonds is 3. The summed E-state index contributed by atoms with van der Waals surface area (Å²) in [6, 6.07) is 10.1. The number of nitrogens with zero attached hydrogens (tertiary/aromatic N) is 1. The molecule has 0 unspecified atom stereocenters. The van der Waals surface area contributed by atoms with Crippen LogP contribution in [0.3, 0.4) is 0 Å². The molecule has 0 fully saturated rings. The predicted molar refractivity (Wildman–Crippen MR) is 108 cm³/mol. The number of halogens is 1. The smallest absolute Gasteiger partial charge is 0.270 e. The van der Waals surface area contributed by atoms with Gasteiger partial charge in [-0.2, -0.15) is 0 Å². The number of amides is 1. The Labute approximate surface area is 166 Å². The molecule has 1 amide bonds. The number of hydrogen-bond donors (Lipinski definition) is 2. The highest BCUT2D eigenvalue weighted by molar-refractivity contribution is 6.01. The summed E-state index contributed by atoms with van der Waals surface area (Å²) in [5, 5.41) is 1.62. The Hall–Kier alpha value is -3.48. The maximum Gasteiger partial charge on any atom is 0.270 e. The number of hydrogen-bond acceptors (Lipinski definition) is 3. The molecule has 7 heteroatoms. The highest BCUT2D eigenvalue weighted by atomic mass is 19.1. The van der Waals surface area contributed by atoms with Crippen LogP contribution >= 0.6 is 0 Å². The van der Waals surface area contributed by atoms with Gasteiger partial charge in [-0.15, -0.1) is 0 Å². The summed E-state index contributed by atoms with van der Waals surface area (Å²) in [6.45, 7) is 1.02. The first-order valence-corrected chi connectivity index (χ1v) is 9.41. The van der Waals surface area contributed by atoms with E-state index in [-0.39, 0.29) is 11.7 Å². The molecule has 148 valence electrons. The summed E-state index contributed by atoms with van der Waals surface area (Å²) in [6.07, 6.45) is 0.699. The molecule has 0 saturated heterocycles. The quantitative estimate of drug-likeness (QED) is 0.553. The third-order valence-corrected chi connectivity index (χ3v) is 5.61. The highest BCUT2D eigenvalue weighted by Crippen LogP contribution is 2.34. The summed E-state index contributed by atoms with van der Waals surface area (Å²) in [7, 11) is 3.18. The molecule has 0 bridgehead atoms. The summed E-state index contributed by atoms with van der Waals surface area (Å²) >= 11 is 0. The third kappa shape index (κ3) is 2.73. The molecule has 0 radical (unpaired) electrons. The van der Waals surface area contributed by atoms with Crippen LogP contribution in [0.5, 0.6) is 11.5 Å². The Balaban J connectivity index is 1.52. The number of carbonyl (C=O) groups excluding carboxylic acids is 1. The molecule has 1 aliphatic rings. The van der Waals surface area contributed by atoms with E-state index in [9.17, 15) is 9.18 Å². The molecule has 0 aliphatic carbocycles. The normalized spacial score (nSPS) is 13.7. The van der Waals surface area contributed by atoms with E-state index in [0.29, 0.717) is 36.7 Å². The van der Waals surface area contributed by atoms with Gasteiger partial charge in [0.2, 0.25) is 0 Å². The Morgan fingerprint density at radius 2 is 1.83 bits per heavy atom. The molecule has 6 nitrogen and oxygen atoms in total. The molecule has 0 spiro atoms. The zero-order valence-corrected chi connectivity index (χ0v) is 16.1. The fraction of sp³-hybridized carbons (Fsp3) is 0.227. The number of aromatic nitrogens is 2. The first-order valence-electron chi connectivity index (χ1n) is 9.41. The first-order chi connectivity index (χ1) is 14.1. The number of H-pyrrole nitrogens is 2. The van der Waals surface area contributed by atoms with Crippen molar-refractivity contribution in [3.63, 3.8) is 0 Å². The number of ether oxygens (including phenoxy) is 2. The van der Waals surface area contributed by atoms with Crippen LogP contribution in [0.25, 0.3) is 21.8 Å². The van der Waals surface area contributed by atoms with Gasteiger partial charge >= 0.3 is 0 Å². The Morgan fingerprint density at radius 3 is 2.62 bits per heavy atom. The molecule has 2 aromatic carbocycles. The average Bonchev–Trinajstić information content (AvgIpc) is 3.34. The second-order valence-electron chi connectivity index (χ2n) is 7.19. The van der Waals surface area contributed by atoms with Crippen molar-refractivity contribution in [3.05, 3.63) is 59.2 Å². The van der Waals surface area contributed by atoms with Crippen LogP contribution in [-0.4, -0.2) is 41.5 Å². The number of aromatic amines is 2. The minimum absolute atomic E-state index is 0.110. The zero-order valence-electron chi connectivity index (χ0n) is 16.1. The van der Waals surface area contributed by atoms with Gasteiger partial charge < -0.3 is 24.3 Å². The van der Waals surface area contributed by atoms with Crippen molar-refractivity contribution in [2.75, 3.05) is 20.8 Å². The van der Waals surface area contributed by atoms with E-state index in [0.717, 1.165) is 33.1 Å². The van der Waals surface area contributed by atoms with Crippen molar-refractivity contribution in [3.8, 4) is 11.5 Å². The lowest BCUT2D eigenvalue weighted by molar-refractivity contribution is 0.0730. The van der Waals surface area contributed by atoms with Gasteiger partial charge in [0.05, 0.1) is 19.7 Å². The molecular weight excluding hydrogens is 373 g/mol. The largest absolute Gasteiger partial charge is 0.496 e. The van der Waals surface area contributed by atoms with E-state index in [1.54, 1.807) is 37.3 Å². The molecule has 5 rings (SSSR count). The highest BCUT2D eigenvalue weighted by Gasteiger charge is 2.26. The molecule has 0 atom stereocenters. The van der Waals surface area contributed by atoms with Gasteiger partial charge in [0, 0.05) is 47.1 Å². The van der Waals surface area contributed by atoms with Crippen molar-refractivity contribution in [2.45, 2.75) is 13.0 Å². The molecule has 0 saturated carbocycles. The first kappa shape index (κ1) is 17.6. The van der Waals surface area contributed by atoms with Gasteiger partial charge in [-0.1, -0.05) is 0 Å². The van der Waals surface area contributed by atoms with Gasteiger partial charge in [0.25, 0.3) is 5.91 Å². The monoisotopic (exact) mass is 393 g/mol. The summed E-state index contributed by atoms with van der Waals surface area (Å²) in [5.74, 6) is 0.927. The fourth-order valence-corrected chi connectivity index (χ4v) is 4.16. The zero-order chi connectivity index (χ0) is 20.1. The van der Waals surface area contributed by atoms with Crippen LogP contribution in [0.4, 0.5) is 4.39 Å². The van der Waals surface area contributed by atoms with E-state index < -0.39 is 0 Å². The lowest BCUT2D eigenvalue weighted by atomic mass is 10.0. The molecule has 4 aromatic rings. The topological polar surface area (TPSA) is 70.3 Å². The van der Waals surface area contributed by atoms with Crippen molar-refractivity contribution < 1.29 is 18.7 Å². The summed E-state index contributed by atoms with van der Waals surface area (Å²) in [4.78, 5) is 21.5. The van der Waals surface area contributed by atoms with E-state index in [1.807, 2.05) is 6.07 Å². The summed E-state index contributed by atoms with van der Waals surface area (Å²) < 4.78 is 24.6. The number of fused-ring (bicyclic) bond motifs is 4. The van der Waals surface area contributed by atoms with Gasteiger partial charge in [0.15, 0.2) is 0 Å². The second-order valence-corrected chi connectivity index (χ2v) is 7.19. The van der Waals surface area contributed by atoms with Gasteiger partial charge in [-0.25, -0.2) is 4.39 Å². The Morgan fingerprint density at radius 1 is 1.03 bits per heavy atom. The van der Waals surface area contributed by atoms with Crippen LogP contribution in [0.15, 0.2) is 36.4 Å². The number of carbonyl (C=O) groups is 1. The molecule has 2 aromatic heterocycles. The number of nitrogens with one attached hydrogen (secondary N) is 2. The SMILES string of the molecule is COc1ccc(OC)c2[nH]c(C(=O)N3CCc4[nH]c5ccc(F)cc5c4C3)cc12. The lowest BCUT2D eigenvalue weighted by Gasteiger charge is -2.26. The average molecular weight is 393 g/mol. The van der Waals surface area contributed by atoms with Crippen molar-refractivity contribution in [1.29, 1.82) is 0 Å². The van der Waals surface area contributed by atoms with Crippen LogP contribution in [-0.2, 0) is 13.0 Å². The maximum absolute atomic E-state index is 13.7. The Bertz CT molecular complexity index is 1220. The lowest BCUT2D eigenvalue weighted by Crippen LogP contribution is -2.36.